The number of urea groups is 1. The zero-order valence-electron chi connectivity index (χ0n) is 15.2. The van der Waals surface area contributed by atoms with Crippen molar-refractivity contribution in [3.8, 4) is 5.69 Å². The van der Waals surface area contributed by atoms with E-state index in [0.29, 0.717) is 0 Å². The summed E-state index contributed by atoms with van der Waals surface area (Å²) in [4.78, 5) is 24.5. The lowest BCUT2D eigenvalue weighted by Crippen LogP contribution is -2.41. The number of aromatic nitrogens is 2. The molecule has 8 heteroatoms. The molecule has 0 aliphatic rings. The molecular formula is C18H23FN4O3. The molecule has 26 heavy (non-hydrogen) atoms. The smallest absolute Gasteiger partial charge is 0.317 e. The van der Waals surface area contributed by atoms with Gasteiger partial charge in [-0.3, -0.25) is 4.79 Å². The largest absolute Gasteiger partial charge is 0.481 e. The first-order chi connectivity index (χ1) is 12.2. The quantitative estimate of drug-likeness (QED) is 0.827. The molecule has 0 fully saturated rings. The van der Waals surface area contributed by atoms with Gasteiger partial charge in [0.1, 0.15) is 5.82 Å². The zero-order chi connectivity index (χ0) is 19.4. The van der Waals surface area contributed by atoms with Crippen molar-refractivity contribution in [2.24, 2.45) is 5.92 Å². The Morgan fingerprint density at radius 2 is 1.92 bits per heavy atom. The molecule has 2 N–H and O–H groups in total. The second-order valence-electron chi connectivity index (χ2n) is 6.36. The Kier molecular flexibility index (Phi) is 5.97. The molecule has 2 unspecified atom stereocenters. The number of hydrogen-bond donors (Lipinski definition) is 2. The molecular weight excluding hydrogens is 339 g/mol. The van der Waals surface area contributed by atoms with Crippen molar-refractivity contribution < 1.29 is 19.1 Å². The molecule has 0 aliphatic carbocycles. The van der Waals surface area contributed by atoms with E-state index in [1.165, 1.54) is 17.0 Å². The lowest BCUT2D eigenvalue weighted by molar-refractivity contribution is -0.141. The van der Waals surface area contributed by atoms with Crippen LogP contribution < -0.4 is 5.32 Å². The van der Waals surface area contributed by atoms with Gasteiger partial charge < -0.3 is 15.3 Å². The minimum Gasteiger partial charge on any atom is -0.481 e. The van der Waals surface area contributed by atoms with Crippen LogP contribution in [0.25, 0.3) is 5.69 Å². The molecule has 2 atom stereocenters. The van der Waals surface area contributed by atoms with Crippen LogP contribution in [0.1, 0.15) is 31.1 Å². The van der Waals surface area contributed by atoms with E-state index >= 15 is 0 Å². The van der Waals surface area contributed by atoms with Gasteiger partial charge in [0, 0.05) is 24.8 Å². The number of carboxylic acids is 1. The SMILES string of the molecule is Cc1c(C(C)NC(=O)N(C)CC(C)C(=O)O)cnn1-c1ccc(F)cc1. The highest BCUT2D eigenvalue weighted by Crippen LogP contribution is 2.20. The minimum absolute atomic E-state index is 0.113. The summed E-state index contributed by atoms with van der Waals surface area (Å²) in [5, 5.41) is 16.1. The summed E-state index contributed by atoms with van der Waals surface area (Å²) >= 11 is 0. The van der Waals surface area contributed by atoms with Gasteiger partial charge in [0.05, 0.1) is 23.8 Å². The number of carboxylic acid groups (broad SMARTS) is 1. The van der Waals surface area contributed by atoms with Crippen LogP contribution in [0.15, 0.2) is 30.5 Å². The highest BCUT2D eigenvalue weighted by molar-refractivity contribution is 5.76. The van der Waals surface area contributed by atoms with E-state index in [4.69, 9.17) is 5.11 Å². The van der Waals surface area contributed by atoms with Crippen LogP contribution in [0, 0.1) is 18.7 Å². The van der Waals surface area contributed by atoms with Crippen LogP contribution >= 0.6 is 0 Å². The number of benzene rings is 1. The second kappa shape index (κ2) is 7.99. The summed E-state index contributed by atoms with van der Waals surface area (Å²) in [6, 6.07) is 5.30. The Morgan fingerprint density at radius 3 is 2.50 bits per heavy atom. The van der Waals surface area contributed by atoms with E-state index in [0.717, 1.165) is 16.9 Å². The number of carbonyl (C=O) groups is 2. The average molecular weight is 362 g/mol. The molecule has 140 valence electrons. The summed E-state index contributed by atoms with van der Waals surface area (Å²) in [6.45, 7) is 5.35. The Morgan fingerprint density at radius 1 is 1.31 bits per heavy atom. The molecule has 0 bridgehead atoms. The maximum Gasteiger partial charge on any atom is 0.317 e. The van der Waals surface area contributed by atoms with Crippen LogP contribution in [-0.2, 0) is 4.79 Å². The number of halogens is 1. The first-order valence-electron chi connectivity index (χ1n) is 8.25. The van der Waals surface area contributed by atoms with E-state index in [1.807, 2.05) is 13.8 Å². The summed E-state index contributed by atoms with van der Waals surface area (Å²) in [5.74, 6) is -1.92. The number of hydrogen-bond acceptors (Lipinski definition) is 3. The lowest BCUT2D eigenvalue weighted by atomic mass is 10.1. The molecule has 0 aliphatic heterocycles. The van der Waals surface area contributed by atoms with E-state index in [9.17, 15) is 14.0 Å². The lowest BCUT2D eigenvalue weighted by Gasteiger charge is -2.22. The maximum absolute atomic E-state index is 13.1. The van der Waals surface area contributed by atoms with Crippen molar-refractivity contribution >= 4 is 12.0 Å². The minimum atomic E-state index is -0.950. The molecule has 0 radical (unpaired) electrons. The summed E-state index contributed by atoms with van der Waals surface area (Å²) in [6.07, 6.45) is 1.66. The Balaban J connectivity index is 2.08. The number of aliphatic carboxylic acids is 1. The van der Waals surface area contributed by atoms with E-state index in [2.05, 4.69) is 10.4 Å². The first kappa shape index (κ1) is 19.4. The topological polar surface area (TPSA) is 87.5 Å². The number of nitrogens with one attached hydrogen (secondary N) is 1. The van der Waals surface area contributed by atoms with Crippen LogP contribution in [-0.4, -0.2) is 45.4 Å². The normalized spacial score (nSPS) is 13.1. The average Bonchev–Trinajstić information content (AvgIpc) is 2.96. The van der Waals surface area contributed by atoms with Gasteiger partial charge in [-0.15, -0.1) is 0 Å². The molecule has 0 saturated heterocycles. The monoisotopic (exact) mass is 362 g/mol. The fourth-order valence-electron chi connectivity index (χ4n) is 2.63. The van der Waals surface area contributed by atoms with Gasteiger partial charge in [-0.1, -0.05) is 6.92 Å². The zero-order valence-corrected chi connectivity index (χ0v) is 15.2. The van der Waals surface area contributed by atoms with Gasteiger partial charge in [-0.05, 0) is 38.1 Å². The molecule has 0 spiro atoms. The highest BCUT2D eigenvalue weighted by atomic mass is 19.1. The van der Waals surface area contributed by atoms with Crippen LogP contribution in [0.4, 0.5) is 9.18 Å². The summed E-state index contributed by atoms with van der Waals surface area (Å²) in [5.41, 5.74) is 2.37. The Bertz CT molecular complexity index is 788. The van der Waals surface area contributed by atoms with Crippen LogP contribution in [0.5, 0.6) is 0 Å². The molecule has 7 nitrogen and oxygen atoms in total. The van der Waals surface area contributed by atoms with Gasteiger partial charge in [-0.25, -0.2) is 13.9 Å². The molecule has 0 saturated carbocycles. The summed E-state index contributed by atoms with van der Waals surface area (Å²) in [7, 11) is 1.55. The van der Waals surface area contributed by atoms with Gasteiger partial charge in [0.15, 0.2) is 0 Å². The number of nitrogens with zero attached hydrogens (tertiary/aromatic N) is 3. The second-order valence-corrected chi connectivity index (χ2v) is 6.36. The van der Waals surface area contributed by atoms with E-state index in [1.54, 1.807) is 37.0 Å². The predicted octanol–water partition coefficient (Wildman–Crippen LogP) is 2.74. The van der Waals surface area contributed by atoms with Crippen LogP contribution in [0.2, 0.25) is 0 Å². The molecule has 1 aromatic heterocycles. The molecule has 1 heterocycles. The molecule has 2 rings (SSSR count). The third-order valence-electron chi connectivity index (χ3n) is 4.24. The maximum atomic E-state index is 13.1. The third kappa shape index (κ3) is 4.38. The van der Waals surface area contributed by atoms with Crippen LogP contribution in [0.3, 0.4) is 0 Å². The molecule has 2 amide bonds. The number of rotatable bonds is 6. The standard InChI is InChI=1S/C18H23FN4O3/c1-11(17(24)25)10-22(4)18(26)21-12(2)16-9-20-23(13(16)3)15-7-5-14(19)6-8-15/h5-9,11-12H,10H2,1-4H3,(H,21,26)(H,24,25). The third-order valence-corrected chi connectivity index (χ3v) is 4.24. The van der Waals surface area contributed by atoms with E-state index < -0.39 is 11.9 Å². The van der Waals surface area contributed by atoms with Crippen molar-refractivity contribution in [1.82, 2.24) is 20.0 Å². The first-order valence-corrected chi connectivity index (χ1v) is 8.25. The Hall–Kier alpha value is -2.90. The van der Waals surface area contributed by atoms with E-state index in [-0.39, 0.29) is 24.4 Å². The number of amides is 2. The summed E-state index contributed by atoms with van der Waals surface area (Å²) < 4.78 is 14.8. The van der Waals surface area contributed by atoms with Crippen molar-refractivity contribution in [2.75, 3.05) is 13.6 Å². The van der Waals surface area contributed by atoms with Gasteiger partial charge >= 0.3 is 12.0 Å². The molecule has 1 aromatic carbocycles. The van der Waals surface area contributed by atoms with Gasteiger partial charge in [0.25, 0.3) is 0 Å². The van der Waals surface area contributed by atoms with Crippen molar-refractivity contribution in [2.45, 2.75) is 26.8 Å². The van der Waals surface area contributed by atoms with Gasteiger partial charge in [0.2, 0.25) is 0 Å². The fraction of sp³-hybridized carbons (Fsp3) is 0.389. The van der Waals surface area contributed by atoms with Gasteiger partial charge in [-0.2, -0.15) is 5.10 Å². The Labute approximate surface area is 151 Å². The molecule has 2 aromatic rings. The van der Waals surface area contributed by atoms with Crippen molar-refractivity contribution in [3.63, 3.8) is 0 Å². The van der Waals surface area contributed by atoms with Crippen molar-refractivity contribution in [1.29, 1.82) is 0 Å². The fourth-order valence-corrected chi connectivity index (χ4v) is 2.63. The van der Waals surface area contributed by atoms with Crippen molar-refractivity contribution in [3.05, 3.63) is 47.5 Å². The number of carbonyl (C=O) groups excluding carboxylic acids is 1. The highest BCUT2D eigenvalue weighted by Gasteiger charge is 2.21. The predicted molar refractivity (Wildman–Crippen MR) is 94.6 cm³/mol.